The summed E-state index contributed by atoms with van der Waals surface area (Å²) in [6, 6.07) is 11.0. The van der Waals surface area contributed by atoms with Gasteiger partial charge in [-0.25, -0.2) is 9.59 Å². The van der Waals surface area contributed by atoms with E-state index in [2.05, 4.69) is 11.9 Å². The van der Waals surface area contributed by atoms with Crippen LogP contribution in [0.2, 0.25) is 0 Å². The van der Waals surface area contributed by atoms with Crippen molar-refractivity contribution in [1.29, 1.82) is 0 Å². The van der Waals surface area contributed by atoms with E-state index in [9.17, 15) is 9.59 Å². The van der Waals surface area contributed by atoms with Gasteiger partial charge in [-0.3, -0.25) is 0 Å². The van der Waals surface area contributed by atoms with Gasteiger partial charge in [0.2, 0.25) is 0 Å². The van der Waals surface area contributed by atoms with Crippen molar-refractivity contribution in [3.05, 3.63) is 48.6 Å². The lowest BCUT2D eigenvalue weighted by Gasteiger charge is -2.10. The molecule has 2 aromatic rings. The van der Waals surface area contributed by atoms with Crippen LogP contribution >= 0.6 is 0 Å². The molecule has 6 nitrogen and oxygen atoms in total. The van der Waals surface area contributed by atoms with Crippen molar-refractivity contribution in [2.75, 3.05) is 19.8 Å². The van der Waals surface area contributed by atoms with Crippen LogP contribution < -0.4 is 14.8 Å². The third-order valence-electron chi connectivity index (χ3n) is 3.28. The molecular formula is C19H21NO5. The van der Waals surface area contributed by atoms with Gasteiger partial charge >= 0.3 is 12.1 Å². The first-order valence-electron chi connectivity index (χ1n) is 7.95. The van der Waals surface area contributed by atoms with Gasteiger partial charge in [-0.2, -0.15) is 0 Å². The number of fused-ring (bicyclic) bond motifs is 1. The van der Waals surface area contributed by atoms with Crippen LogP contribution in [0.5, 0.6) is 11.5 Å². The molecule has 6 heteroatoms. The Morgan fingerprint density at radius 2 is 2.00 bits per heavy atom. The molecule has 0 aliphatic heterocycles. The number of ether oxygens (including phenoxy) is 3. The monoisotopic (exact) mass is 343 g/mol. The summed E-state index contributed by atoms with van der Waals surface area (Å²) in [5, 5.41) is 4.24. The second-order valence-electron chi connectivity index (χ2n) is 5.30. The fourth-order valence-electron chi connectivity index (χ4n) is 2.13. The Hall–Kier alpha value is -3.02. The molecule has 1 N–H and O–H groups in total. The average molecular weight is 343 g/mol. The van der Waals surface area contributed by atoms with Gasteiger partial charge in [-0.05, 0) is 43.5 Å². The van der Waals surface area contributed by atoms with Crippen molar-refractivity contribution in [2.45, 2.75) is 13.8 Å². The minimum atomic E-state index is -0.618. The Morgan fingerprint density at radius 1 is 1.20 bits per heavy atom. The smallest absolute Gasteiger partial charge is 0.412 e. The Kier molecular flexibility index (Phi) is 6.39. The zero-order valence-electron chi connectivity index (χ0n) is 14.3. The molecule has 0 heterocycles. The van der Waals surface area contributed by atoms with Crippen LogP contribution in [-0.4, -0.2) is 31.8 Å². The standard InChI is InChI=1S/C19H21NO5/c1-4-23-15-8-9-16-14(12-15)6-5-7-17(16)25-19(22)20-10-11-24-18(21)13(2)3/h5-9,12H,2,4,10-11H2,1,3H3,(H,20,22). The molecular weight excluding hydrogens is 322 g/mol. The van der Waals surface area contributed by atoms with Crippen molar-refractivity contribution < 1.29 is 23.8 Å². The second-order valence-corrected chi connectivity index (χ2v) is 5.30. The molecule has 0 saturated heterocycles. The highest BCUT2D eigenvalue weighted by Gasteiger charge is 2.09. The SMILES string of the molecule is C=C(C)C(=O)OCCNC(=O)Oc1cccc2cc(OCC)ccc12. The molecule has 0 radical (unpaired) electrons. The van der Waals surface area contributed by atoms with Gasteiger partial charge in [0.05, 0.1) is 13.2 Å². The molecule has 1 amide bonds. The molecule has 0 saturated carbocycles. The van der Waals surface area contributed by atoms with Crippen molar-refractivity contribution >= 4 is 22.8 Å². The summed E-state index contributed by atoms with van der Waals surface area (Å²) in [5.74, 6) is 0.710. The highest BCUT2D eigenvalue weighted by Crippen LogP contribution is 2.28. The first kappa shape index (κ1) is 18.3. The lowest BCUT2D eigenvalue weighted by atomic mass is 10.1. The number of amides is 1. The molecule has 0 unspecified atom stereocenters. The molecule has 132 valence electrons. The van der Waals surface area contributed by atoms with Gasteiger partial charge in [0.1, 0.15) is 18.1 Å². The fraction of sp³-hybridized carbons (Fsp3) is 0.263. The topological polar surface area (TPSA) is 73.9 Å². The summed E-state index contributed by atoms with van der Waals surface area (Å²) >= 11 is 0. The first-order valence-corrected chi connectivity index (χ1v) is 7.95. The van der Waals surface area contributed by atoms with E-state index in [0.717, 1.165) is 16.5 Å². The van der Waals surface area contributed by atoms with Crippen LogP contribution in [0.3, 0.4) is 0 Å². The van der Waals surface area contributed by atoms with E-state index >= 15 is 0 Å². The molecule has 2 aromatic carbocycles. The summed E-state index contributed by atoms with van der Waals surface area (Å²) < 4.78 is 15.7. The van der Waals surface area contributed by atoms with E-state index in [1.54, 1.807) is 19.1 Å². The van der Waals surface area contributed by atoms with E-state index in [1.807, 2.05) is 31.2 Å². The zero-order chi connectivity index (χ0) is 18.2. The van der Waals surface area contributed by atoms with Gasteiger partial charge in [0, 0.05) is 11.0 Å². The average Bonchev–Trinajstić information content (AvgIpc) is 2.58. The third kappa shape index (κ3) is 5.24. The maximum atomic E-state index is 11.9. The Balaban J connectivity index is 1.94. The van der Waals surface area contributed by atoms with E-state index in [1.165, 1.54) is 0 Å². The van der Waals surface area contributed by atoms with E-state index in [4.69, 9.17) is 14.2 Å². The van der Waals surface area contributed by atoms with Gasteiger partial charge in [-0.1, -0.05) is 18.7 Å². The Morgan fingerprint density at radius 3 is 2.72 bits per heavy atom. The predicted molar refractivity (Wildman–Crippen MR) is 94.9 cm³/mol. The van der Waals surface area contributed by atoms with Crippen LogP contribution in [0.4, 0.5) is 4.79 Å². The molecule has 0 aromatic heterocycles. The number of carbonyl (C=O) groups is 2. The van der Waals surface area contributed by atoms with Crippen molar-refractivity contribution in [1.82, 2.24) is 5.32 Å². The maximum Gasteiger partial charge on any atom is 0.412 e. The van der Waals surface area contributed by atoms with Crippen LogP contribution in [-0.2, 0) is 9.53 Å². The lowest BCUT2D eigenvalue weighted by Crippen LogP contribution is -2.30. The molecule has 0 spiro atoms. The first-order chi connectivity index (χ1) is 12.0. The van der Waals surface area contributed by atoms with E-state index < -0.39 is 12.1 Å². The summed E-state index contributed by atoms with van der Waals surface area (Å²) in [5.41, 5.74) is 0.310. The van der Waals surface area contributed by atoms with E-state index in [0.29, 0.717) is 17.9 Å². The number of hydrogen-bond donors (Lipinski definition) is 1. The number of carbonyl (C=O) groups excluding carboxylic acids is 2. The number of esters is 1. The van der Waals surface area contributed by atoms with Gasteiger partial charge in [-0.15, -0.1) is 0 Å². The molecule has 0 aliphatic rings. The fourth-order valence-corrected chi connectivity index (χ4v) is 2.13. The van der Waals surface area contributed by atoms with Crippen LogP contribution in [0.25, 0.3) is 10.8 Å². The Bertz CT molecular complexity index is 784. The highest BCUT2D eigenvalue weighted by atomic mass is 16.6. The van der Waals surface area contributed by atoms with Crippen LogP contribution in [0, 0.1) is 0 Å². The molecule has 0 bridgehead atoms. The molecule has 0 aliphatic carbocycles. The van der Waals surface area contributed by atoms with Gasteiger partial charge in [0.25, 0.3) is 0 Å². The summed E-state index contributed by atoms with van der Waals surface area (Å²) in [6.45, 7) is 7.73. The van der Waals surface area contributed by atoms with Crippen molar-refractivity contribution in [2.24, 2.45) is 0 Å². The van der Waals surface area contributed by atoms with Gasteiger partial charge in [0.15, 0.2) is 0 Å². The van der Waals surface area contributed by atoms with Crippen LogP contribution in [0.1, 0.15) is 13.8 Å². The molecule has 25 heavy (non-hydrogen) atoms. The van der Waals surface area contributed by atoms with E-state index in [-0.39, 0.29) is 13.2 Å². The maximum absolute atomic E-state index is 11.9. The lowest BCUT2D eigenvalue weighted by molar-refractivity contribution is -0.138. The normalized spacial score (nSPS) is 10.2. The second kappa shape index (κ2) is 8.73. The number of benzene rings is 2. The minimum absolute atomic E-state index is 0.0497. The largest absolute Gasteiger partial charge is 0.494 e. The highest BCUT2D eigenvalue weighted by molar-refractivity contribution is 5.91. The van der Waals surface area contributed by atoms with Crippen molar-refractivity contribution in [3.8, 4) is 11.5 Å². The number of hydrogen-bond acceptors (Lipinski definition) is 5. The summed E-state index contributed by atoms with van der Waals surface area (Å²) in [4.78, 5) is 23.1. The third-order valence-corrected chi connectivity index (χ3v) is 3.28. The Labute approximate surface area is 146 Å². The number of nitrogens with one attached hydrogen (secondary N) is 1. The summed E-state index contributed by atoms with van der Waals surface area (Å²) in [7, 11) is 0. The number of rotatable bonds is 7. The van der Waals surface area contributed by atoms with Crippen LogP contribution in [0.15, 0.2) is 48.6 Å². The molecule has 0 fully saturated rings. The summed E-state index contributed by atoms with van der Waals surface area (Å²) in [6.07, 6.45) is -0.618. The molecule has 0 atom stereocenters. The zero-order valence-corrected chi connectivity index (χ0v) is 14.3. The van der Waals surface area contributed by atoms with Crippen molar-refractivity contribution in [3.63, 3.8) is 0 Å². The quantitative estimate of drug-likeness (QED) is 0.473. The predicted octanol–water partition coefficient (Wildman–Crippen LogP) is 3.45. The minimum Gasteiger partial charge on any atom is -0.494 e. The van der Waals surface area contributed by atoms with Gasteiger partial charge < -0.3 is 19.5 Å². The molecule has 2 rings (SSSR count).